The van der Waals surface area contributed by atoms with Gasteiger partial charge >= 0.3 is 0 Å². The molecule has 2 heterocycles. The van der Waals surface area contributed by atoms with Gasteiger partial charge < -0.3 is 19.9 Å². The molecule has 2 aliphatic heterocycles. The van der Waals surface area contributed by atoms with Gasteiger partial charge in [-0.05, 0) is 30.2 Å². The van der Waals surface area contributed by atoms with Crippen molar-refractivity contribution < 1.29 is 4.74 Å². The highest BCUT2D eigenvalue weighted by molar-refractivity contribution is 5.80. The highest BCUT2D eigenvalue weighted by Gasteiger charge is 2.19. The molecule has 166 valence electrons. The monoisotopic (exact) mass is 421 g/mol. The number of benzene rings is 2. The lowest BCUT2D eigenvalue weighted by Crippen LogP contribution is -2.52. The Balaban J connectivity index is 1.31. The molecule has 6 nitrogen and oxygen atoms in total. The molecule has 0 aliphatic carbocycles. The number of ether oxygens (including phenoxy) is 1. The van der Waals surface area contributed by atoms with Crippen molar-refractivity contribution in [3.05, 3.63) is 65.7 Å². The molecule has 2 aromatic carbocycles. The second kappa shape index (κ2) is 11.2. The number of aliphatic imine (C=N–C) groups is 1. The molecule has 2 saturated heterocycles. The summed E-state index contributed by atoms with van der Waals surface area (Å²) in [6.45, 7) is 12.5. The normalized spacial score (nSPS) is 18.3. The lowest BCUT2D eigenvalue weighted by molar-refractivity contribution is 0.122. The van der Waals surface area contributed by atoms with Crippen LogP contribution in [-0.2, 0) is 17.8 Å². The summed E-state index contributed by atoms with van der Waals surface area (Å²) in [6, 6.07) is 19.6. The molecule has 2 aromatic rings. The van der Waals surface area contributed by atoms with E-state index in [1.54, 1.807) is 0 Å². The average molecular weight is 422 g/mol. The van der Waals surface area contributed by atoms with Gasteiger partial charge in [-0.1, -0.05) is 42.5 Å². The number of guanidine groups is 1. The number of nitrogens with one attached hydrogen (secondary N) is 1. The zero-order valence-electron chi connectivity index (χ0n) is 18.7. The summed E-state index contributed by atoms with van der Waals surface area (Å²) in [5.41, 5.74) is 3.91. The van der Waals surface area contributed by atoms with E-state index in [9.17, 15) is 0 Å². The van der Waals surface area contributed by atoms with E-state index in [0.717, 1.165) is 71.5 Å². The number of rotatable bonds is 6. The van der Waals surface area contributed by atoms with Gasteiger partial charge in [0.05, 0.1) is 19.8 Å². The second-order valence-electron chi connectivity index (χ2n) is 8.18. The van der Waals surface area contributed by atoms with Crippen molar-refractivity contribution in [3.63, 3.8) is 0 Å². The van der Waals surface area contributed by atoms with Crippen molar-refractivity contribution in [2.24, 2.45) is 4.99 Å². The first-order valence-corrected chi connectivity index (χ1v) is 11.5. The average Bonchev–Trinajstić information content (AvgIpc) is 2.84. The van der Waals surface area contributed by atoms with Crippen LogP contribution in [0.15, 0.2) is 59.6 Å². The lowest BCUT2D eigenvalue weighted by Gasteiger charge is -2.36. The van der Waals surface area contributed by atoms with Crippen molar-refractivity contribution in [1.82, 2.24) is 15.1 Å². The molecule has 6 heteroatoms. The maximum atomic E-state index is 5.45. The minimum atomic E-state index is 0.704. The molecule has 0 atom stereocenters. The van der Waals surface area contributed by atoms with Crippen molar-refractivity contribution in [2.75, 3.05) is 63.9 Å². The molecule has 2 fully saturated rings. The first-order valence-electron chi connectivity index (χ1n) is 11.5. The van der Waals surface area contributed by atoms with Gasteiger partial charge in [0.25, 0.3) is 0 Å². The van der Waals surface area contributed by atoms with Crippen LogP contribution in [-0.4, -0.2) is 74.8 Å². The molecule has 0 spiro atoms. The third-order valence-corrected chi connectivity index (χ3v) is 5.98. The van der Waals surface area contributed by atoms with Crippen LogP contribution in [0.3, 0.4) is 0 Å². The Hall–Kier alpha value is -2.57. The third-order valence-electron chi connectivity index (χ3n) is 5.98. The van der Waals surface area contributed by atoms with E-state index in [4.69, 9.17) is 9.73 Å². The summed E-state index contributed by atoms with van der Waals surface area (Å²) in [5.74, 6) is 1.03. The number of nitrogens with zero attached hydrogens (tertiary/aromatic N) is 4. The van der Waals surface area contributed by atoms with Gasteiger partial charge in [0.1, 0.15) is 0 Å². The smallest absolute Gasteiger partial charge is 0.194 e. The Kier molecular flexibility index (Phi) is 7.80. The van der Waals surface area contributed by atoms with Gasteiger partial charge in [0, 0.05) is 58.0 Å². The van der Waals surface area contributed by atoms with Crippen LogP contribution in [0.2, 0.25) is 0 Å². The van der Waals surface area contributed by atoms with Gasteiger partial charge in [0.2, 0.25) is 0 Å². The number of morpholine rings is 1. The lowest BCUT2D eigenvalue weighted by atomic mass is 10.2. The predicted octanol–water partition coefficient (Wildman–Crippen LogP) is 2.81. The Morgan fingerprint density at radius 2 is 1.58 bits per heavy atom. The van der Waals surface area contributed by atoms with Gasteiger partial charge in [-0.25, -0.2) is 4.99 Å². The second-order valence-corrected chi connectivity index (χ2v) is 8.18. The van der Waals surface area contributed by atoms with Crippen molar-refractivity contribution >= 4 is 11.6 Å². The Bertz CT molecular complexity index is 810. The van der Waals surface area contributed by atoms with E-state index in [-0.39, 0.29) is 0 Å². The molecule has 0 saturated carbocycles. The maximum absolute atomic E-state index is 5.45. The van der Waals surface area contributed by atoms with Gasteiger partial charge in [-0.15, -0.1) is 0 Å². The minimum absolute atomic E-state index is 0.704. The third kappa shape index (κ3) is 6.21. The number of hydrogen-bond acceptors (Lipinski definition) is 4. The van der Waals surface area contributed by atoms with Gasteiger partial charge in [-0.2, -0.15) is 0 Å². The molecular formula is C25H35N5O. The first kappa shape index (κ1) is 21.7. The predicted molar refractivity (Wildman–Crippen MR) is 128 cm³/mol. The highest BCUT2D eigenvalue weighted by atomic mass is 16.5. The summed E-state index contributed by atoms with van der Waals surface area (Å²) in [7, 11) is 0. The zero-order valence-corrected chi connectivity index (χ0v) is 18.7. The van der Waals surface area contributed by atoms with E-state index < -0.39 is 0 Å². The minimum Gasteiger partial charge on any atom is -0.378 e. The quantitative estimate of drug-likeness (QED) is 0.574. The summed E-state index contributed by atoms with van der Waals surface area (Å²) >= 11 is 0. The van der Waals surface area contributed by atoms with Crippen molar-refractivity contribution in [3.8, 4) is 0 Å². The number of anilines is 1. The zero-order chi connectivity index (χ0) is 21.3. The standard InChI is InChI=1S/C25H35N5O/c1-2-26-25(30-14-12-28(13-15-30)21-23-6-4-3-5-7-23)27-20-22-8-10-24(11-9-22)29-16-18-31-19-17-29/h3-11H,2,12-21H2,1H3,(H,26,27). The van der Waals surface area contributed by atoms with Crippen LogP contribution < -0.4 is 10.2 Å². The summed E-state index contributed by atoms with van der Waals surface area (Å²) in [4.78, 5) is 12.2. The van der Waals surface area contributed by atoms with Crippen LogP contribution in [0, 0.1) is 0 Å². The molecule has 2 aliphatic rings. The number of hydrogen-bond donors (Lipinski definition) is 1. The SMILES string of the molecule is CCNC(=NCc1ccc(N2CCOCC2)cc1)N1CCN(Cc2ccccc2)CC1. The molecule has 0 aromatic heterocycles. The maximum Gasteiger partial charge on any atom is 0.194 e. The largest absolute Gasteiger partial charge is 0.378 e. The van der Waals surface area contributed by atoms with Crippen molar-refractivity contribution in [2.45, 2.75) is 20.0 Å². The number of piperazine rings is 1. The first-order chi connectivity index (χ1) is 15.3. The molecule has 0 bridgehead atoms. The fourth-order valence-electron chi connectivity index (χ4n) is 4.19. The molecule has 0 radical (unpaired) electrons. The molecule has 1 N–H and O–H groups in total. The van der Waals surface area contributed by atoms with E-state index in [1.165, 1.54) is 16.8 Å². The molecule has 31 heavy (non-hydrogen) atoms. The molecule has 4 rings (SSSR count). The summed E-state index contributed by atoms with van der Waals surface area (Å²) in [6.07, 6.45) is 0. The van der Waals surface area contributed by atoms with E-state index >= 15 is 0 Å². The van der Waals surface area contributed by atoms with E-state index in [2.05, 4.69) is 81.5 Å². The topological polar surface area (TPSA) is 43.3 Å². The van der Waals surface area contributed by atoms with Crippen molar-refractivity contribution in [1.29, 1.82) is 0 Å². The van der Waals surface area contributed by atoms with Crippen LogP contribution in [0.1, 0.15) is 18.1 Å². The van der Waals surface area contributed by atoms with E-state index in [0.29, 0.717) is 6.54 Å². The summed E-state index contributed by atoms with van der Waals surface area (Å²) in [5, 5.41) is 3.49. The van der Waals surface area contributed by atoms with E-state index in [1.807, 2.05) is 0 Å². The van der Waals surface area contributed by atoms with Crippen LogP contribution in [0.4, 0.5) is 5.69 Å². The Morgan fingerprint density at radius 3 is 2.26 bits per heavy atom. The van der Waals surface area contributed by atoms with Crippen LogP contribution in [0.25, 0.3) is 0 Å². The van der Waals surface area contributed by atoms with Gasteiger partial charge in [-0.3, -0.25) is 4.90 Å². The summed E-state index contributed by atoms with van der Waals surface area (Å²) < 4.78 is 5.45. The Morgan fingerprint density at radius 1 is 0.871 bits per heavy atom. The molecule has 0 amide bonds. The molecule has 0 unspecified atom stereocenters. The van der Waals surface area contributed by atoms with Crippen LogP contribution >= 0.6 is 0 Å². The highest BCUT2D eigenvalue weighted by Crippen LogP contribution is 2.17. The fourth-order valence-corrected chi connectivity index (χ4v) is 4.19. The van der Waals surface area contributed by atoms with Crippen LogP contribution in [0.5, 0.6) is 0 Å². The Labute approximate surface area is 186 Å². The fraction of sp³-hybridized carbons (Fsp3) is 0.480. The molecular weight excluding hydrogens is 386 g/mol. The van der Waals surface area contributed by atoms with Gasteiger partial charge in [0.15, 0.2) is 5.96 Å².